The second-order valence-corrected chi connectivity index (χ2v) is 9.75. The smallest absolute Gasteiger partial charge is 0.321 e. The van der Waals surface area contributed by atoms with Crippen molar-refractivity contribution in [2.75, 3.05) is 58.0 Å². The zero-order valence-electron chi connectivity index (χ0n) is 17.1. The molecule has 1 N–H and O–H groups in total. The molecular weight excluding hydrogens is 396 g/mol. The van der Waals surface area contributed by atoms with Gasteiger partial charge in [0.25, 0.3) is 0 Å². The molecule has 0 aromatic heterocycles. The molecule has 2 aliphatic heterocycles. The first kappa shape index (κ1) is 21.4. The normalized spacial score (nSPS) is 23.3. The van der Waals surface area contributed by atoms with Crippen molar-refractivity contribution in [3.63, 3.8) is 0 Å². The lowest BCUT2D eigenvalue weighted by molar-refractivity contribution is -0.127. The van der Waals surface area contributed by atoms with E-state index in [1.807, 2.05) is 6.92 Å². The first-order valence-corrected chi connectivity index (χ1v) is 11.4. The van der Waals surface area contributed by atoms with Gasteiger partial charge in [0.1, 0.15) is 5.75 Å². The van der Waals surface area contributed by atoms with Gasteiger partial charge < -0.3 is 19.9 Å². The molecule has 3 rings (SSSR count). The summed E-state index contributed by atoms with van der Waals surface area (Å²) in [5, 5.41) is 2.85. The van der Waals surface area contributed by atoms with E-state index in [1.165, 1.54) is 10.6 Å². The van der Waals surface area contributed by atoms with Gasteiger partial charge in [-0.3, -0.25) is 4.79 Å². The van der Waals surface area contributed by atoms with Gasteiger partial charge in [0, 0.05) is 62.9 Å². The highest BCUT2D eigenvalue weighted by Crippen LogP contribution is 2.35. The van der Waals surface area contributed by atoms with Crippen molar-refractivity contribution in [2.45, 2.75) is 13.3 Å². The van der Waals surface area contributed by atoms with Crippen molar-refractivity contribution in [1.29, 1.82) is 0 Å². The van der Waals surface area contributed by atoms with Crippen molar-refractivity contribution < 1.29 is 22.7 Å². The largest absolute Gasteiger partial charge is 0.497 e. The highest BCUT2D eigenvalue weighted by molar-refractivity contribution is 7.88. The molecule has 2 aliphatic rings. The highest BCUT2D eigenvalue weighted by Gasteiger charge is 2.48. The maximum Gasteiger partial charge on any atom is 0.321 e. The Balaban J connectivity index is 1.83. The number of hydrogen-bond acceptors (Lipinski definition) is 5. The number of nitrogens with one attached hydrogen (secondary N) is 1. The quantitative estimate of drug-likeness (QED) is 0.779. The number of sulfonamides is 1. The molecule has 0 aliphatic carbocycles. The van der Waals surface area contributed by atoms with Crippen LogP contribution in [0.5, 0.6) is 5.75 Å². The Hall–Kier alpha value is -2.33. The molecule has 2 saturated heterocycles. The van der Waals surface area contributed by atoms with Crippen molar-refractivity contribution in [2.24, 2.45) is 5.41 Å². The maximum atomic E-state index is 13.0. The van der Waals surface area contributed by atoms with Gasteiger partial charge in [-0.1, -0.05) is 6.07 Å². The monoisotopic (exact) mass is 424 g/mol. The van der Waals surface area contributed by atoms with Crippen LogP contribution in [-0.4, -0.2) is 87.1 Å². The molecular formula is C19H28N4O5S. The van der Waals surface area contributed by atoms with E-state index in [2.05, 4.69) is 5.32 Å². The van der Waals surface area contributed by atoms with Crippen LogP contribution in [0.1, 0.15) is 13.3 Å². The molecule has 29 heavy (non-hydrogen) atoms. The number of carbonyl (C=O) groups is 2. The minimum Gasteiger partial charge on any atom is -0.497 e. The van der Waals surface area contributed by atoms with Crippen LogP contribution in [-0.2, 0) is 14.8 Å². The lowest BCUT2D eigenvalue weighted by Gasteiger charge is -2.33. The third-order valence-corrected chi connectivity index (χ3v) is 6.77. The Morgan fingerprint density at radius 1 is 1.24 bits per heavy atom. The molecule has 0 radical (unpaired) electrons. The zero-order chi connectivity index (χ0) is 21.2. The summed E-state index contributed by atoms with van der Waals surface area (Å²) in [5.41, 5.74) is -0.0245. The van der Waals surface area contributed by atoms with Crippen LogP contribution in [0.25, 0.3) is 0 Å². The molecule has 9 nitrogen and oxygen atoms in total. The fourth-order valence-corrected chi connectivity index (χ4v) is 4.98. The van der Waals surface area contributed by atoms with E-state index < -0.39 is 15.4 Å². The van der Waals surface area contributed by atoms with E-state index in [0.29, 0.717) is 31.1 Å². The highest BCUT2D eigenvalue weighted by atomic mass is 32.2. The Labute approximate surface area is 171 Å². The molecule has 1 aromatic carbocycles. The summed E-state index contributed by atoms with van der Waals surface area (Å²) in [4.78, 5) is 28.7. The average Bonchev–Trinajstić information content (AvgIpc) is 2.84. The van der Waals surface area contributed by atoms with Crippen LogP contribution in [0.3, 0.4) is 0 Å². The van der Waals surface area contributed by atoms with Crippen LogP contribution >= 0.6 is 0 Å². The van der Waals surface area contributed by atoms with Gasteiger partial charge in [-0.2, -0.15) is 4.31 Å². The van der Waals surface area contributed by atoms with Crippen molar-refractivity contribution in [3.8, 4) is 5.75 Å². The number of urea groups is 1. The Bertz CT molecular complexity index is 890. The number of carbonyl (C=O) groups excluding carboxylic acids is 2. The molecule has 2 heterocycles. The van der Waals surface area contributed by atoms with Gasteiger partial charge in [0.15, 0.2) is 0 Å². The molecule has 0 bridgehead atoms. The minimum absolute atomic E-state index is 0.00370. The van der Waals surface area contributed by atoms with Gasteiger partial charge in [0.05, 0.1) is 13.4 Å². The Morgan fingerprint density at radius 2 is 2.00 bits per heavy atom. The fraction of sp³-hybridized carbons (Fsp3) is 0.579. The fourth-order valence-electron chi connectivity index (χ4n) is 4.06. The van der Waals surface area contributed by atoms with Crippen LogP contribution < -0.4 is 10.1 Å². The summed E-state index contributed by atoms with van der Waals surface area (Å²) in [6.45, 7) is 3.91. The molecule has 2 fully saturated rings. The van der Waals surface area contributed by atoms with Crippen molar-refractivity contribution in [1.82, 2.24) is 14.1 Å². The first-order valence-electron chi connectivity index (χ1n) is 9.59. The first-order chi connectivity index (χ1) is 13.7. The maximum absolute atomic E-state index is 13.0. The van der Waals surface area contributed by atoms with Crippen LogP contribution in [0.15, 0.2) is 24.3 Å². The molecule has 0 saturated carbocycles. The van der Waals surface area contributed by atoms with Crippen LogP contribution in [0, 0.1) is 5.41 Å². The van der Waals surface area contributed by atoms with E-state index in [1.54, 1.807) is 41.2 Å². The summed E-state index contributed by atoms with van der Waals surface area (Å²) in [5.74, 6) is 0.620. The number of methoxy groups -OCH3 is 1. The number of rotatable bonds is 4. The van der Waals surface area contributed by atoms with E-state index in [9.17, 15) is 18.0 Å². The van der Waals surface area contributed by atoms with Gasteiger partial charge >= 0.3 is 6.03 Å². The molecule has 160 valence electrons. The number of nitrogens with zero attached hydrogens (tertiary/aromatic N) is 3. The van der Waals surface area contributed by atoms with E-state index in [4.69, 9.17) is 4.74 Å². The Kier molecular flexibility index (Phi) is 6.04. The predicted molar refractivity (Wildman–Crippen MR) is 109 cm³/mol. The molecule has 3 amide bonds. The zero-order valence-corrected chi connectivity index (χ0v) is 17.9. The number of hydrogen-bond donors (Lipinski definition) is 1. The average molecular weight is 425 g/mol. The molecule has 0 unspecified atom stereocenters. The second kappa shape index (κ2) is 8.19. The molecule has 1 aromatic rings. The van der Waals surface area contributed by atoms with Crippen LogP contribution in [0.4, 0.5) is 10.5 Å². The predicted octanol–water partition coefficient (Wildman–Crippen LogP) is 1.04. The lowest BCUT2D eigenvalue weighted by atomic mass is 9.86. The third-order valence-electron chi connectivity index (χ3n) is 5.52. The summed E-state index contributed by atoms with van der Waals surface area (Å²) in [6, 6.07) is 6.71. The number of ether oxygens (including phenoxy) is 1. The van der Waals surface area contributed by atoms with Crippen molar-refractivity contribution >= 4 is 27.6 Å². The number of likely N-dealkylation sites (tertiary alicyclic amines) is 1. The van der Waals surface area contributed by atoms with Gasteiger partial charge in [-0.25, -0.2) is 13.2 Å². The molecule has 1 atom stereocenters. The van der Waals surface area contributed by atoms with E-state index in [0.717, 1.165) is 0 Å². The van der Waals surface area contributed by atoms with E-state index in [-0.39, 0.29) is 38.0 Å². The minimum atomic E-state index is -3.44. The number of benzene rings is 1. The number of anilines is 1. The summed E-state index contributed by atoms with van der Waals surface area (Å²) >= 11 is 0. The van der Waals surface area contributed by atoms with Gasteiger partial charge in [-0.15, -0.1) is 0 Å². The summed E-state index contributed by atoms with van der Waals surface area (Å²) < 4.78 is 31.1. The third kappa shape index (κ3) is 4.81. The van der Waals surface area contributed by atoms with Gasteiger partial charge in [0.2, 0.25) is 15.9 Å². The standard InChI is InChI=1S/C19H28N4O5S/c1-4-21-12-19(11-17(21)24)13-22(8-9-23(14-19)29(3,26)27)18(25)20-15-6-5-7-16(10-15)28-2/h5-7,10H,4,8-9,11-14H2,1-3H3,(H,20,25)/t19-/m0/s1. The topological polar surface area (TPSA) is 99.3 Å². The second-order valence-electron chi connectivity index (χ2n) is 7.76. The SMILES string of the molecule is CCN1C[C@@]2(CC1=O)CN(C(=O)Nc1cccc(OC)c1)CCN(S(C)(=O)=O)C2. The summed E-state index contributed by atoms with van der Waals surface area (Å²) in [7, 11) is -1.89. The molecule has 1 spiro atoms. The molecule has 10 heteroatoms. The van der Waals surface area contributed by atoms with Gasteiger partial charge in [-0.05, 0) is 19.1 Å². The Morgan fingerprint density at radius 3 is 2.62 bits per heavy atom. The lowest BCUT2D eigenvalue weighted by Crippen LogP contribution is -2.46. The van der Waals surface area contributed by atoms with Crippen molar-refractivity contribution in [3.05, 3.63) is 24.3 Å². The van der Waals surface area contributed by atoms with Crippen LogP contribution in [0.2, 0.25) is 0 Å². The number of amides is 3. The summed E-state index contributed by atoms with van der Waals surface area (Å²) in [6.07, 6.45) is 1.40. The van der Waals surface area contributed by atoms with E-state index >= 15 is 0 Å².